The molecule has 1 amide bonds. The summed E-state index contributed by atoms with van der Waals surface area (Å²) in [6.07, 6.45) is -1.21. The zero-order chi connectivity index (χ0) is 23.3. The van der Waals surface area contributed by atoms with Crippen molar-refractivity contribution in [3.05, 3.63) is 80.0 Å². The van der Waals surface area contributed by atoms with Crippen LogP contribution in [0.15, 0.2) is 47.8 Å². The van der Waals surface area contributed by atoms with Gasteiger partial charge in [0.2, 0.25) is 5.82 Å². The summed E-state index contributed by atoms with van der Waals surface area (Å²) in [5.74, 6) is -2.08. The molecule has 0 fully saturated rings. The van der Waals surface area contributed by atoms with E-state index in [1.807, 2.05) is 12.3 Å². The van der Waals surface area contributed by atoms with Crippen molar-refractivity contribution in [2.75, 3.05) is 5.32 Å². The van der Waals surface area contributed by atoms with E-state index >= 15 is 0 Å². The Morgan fingerprint density at radius 3 is 2.75 bits per heavy atom. The third-order valence-corrected chi connectivity index (χ3v) is 5.01. The summed E-state index contributed by atoms with van der Waals surface area (Å²) in [5, 5.41) is 16.0. The number of benzene rings is 2. The zero-order valence-electron chi connectivity index (χ0n) is 17.0. The first-order valence-corrected chi connectivity index (χ1v) is 10.2. The number of carbonyl (C=O) groups excluding carboxylic acids is 2. The molecular formula is C21H18FN3O6S. The van der Waals surface area contributed by atoms with Gasteiger partial charge in [0, 0.05) is 17.1 Å². The molecular weight excluding hydrogens is 441 g/mol. The number of aryl methyl sites for hydroxylation is 1. The maximum atomic E-state index is 13.4. The first-order chi connectivity index (χ1) is 15.2. The average Bonchev–Trinajstić information content (AvgIpc) is 3.18. The lowest BCUT2D eigenvalue weighted by Gasteiger charge is -2.14. The van der Waals surface area contributed by atoms with Gasteiger partial charge in [-0.2, -0.15) is 4.39 Å². The molecule has 0 saturated carbocycles. The molecule has 1 heterocycles. The molecule has 0 spiro atoms. The van der Waals surface area contributed by atoms with E-state index < -0.39 is 34.4 Å². The van der Waals surface area contributed by atoms with Crippen LogP contribution in [0.1, 0.15) is 28.0 Å². The van der Waals surface area contributed by atoms with Gasteiger partial charge in [-0.15, -0.1) is 11.3 Å². The molecule has 32 heavy (non-hydrogen) atoms. The number of ether oxygens (including phenoxy) is 2. The molecule has 0 saturated heterocycles. The second-order valence-corrected chi connectivity index (χ2v) is 7.70. The number of hydrogen-bond donors (Lipinski definition) is 1. The molecule has 0 aliphatic rings. The van der Waals surface area contributed by atoms with Crippen LogP contribution in [0.3, 0.4) is 0 Å². The number of aromatic nitrogens is 1. The van der Waals surface area contributed by atoms with Crippen LogP contribution in [0.5, 0.6) is 5.75 Å². The van der Waals surface area contributed by atoms with Gasteiger partial charge in [-0.25, -0.2) is 9.78 Å². The second-order valence-electron chi connectivity index (χ2n) is 6.63. The van der Waals surface area contributed by atoms with Crippen LogP contribution in [0.25, 0.3) is 0 Å². The fourth-order valence-electron chi connectivity index (χ4n) is 2.60. The largest absolute Gasteiger partial charge is 0.487 e. The number of anilines is 1. The van der Waals surface area contributed by atoms with E-state index in [-0.39, 0.29) is 17.9 Å². The van der Waals surface area contributed by atoms with Gasteiger partial charge in [0.05, 0.1) is 21.2 Å². The number of esters is 1. The smallest absolute Gasteiger partial charge is 0.339 e. The highest BCUT2D eigenvalue weighted by molar-refractivity contribution is 7.09. The molecule has 3 rings (SSSR count). The molecule has 0 aliphatic carbocycles. The molecule has 11 heteroatoms. The van der Waals surface area contributed by atoms with E-state index in [2.05, 4.69) is 10.3 Å². The molecule has 1 unspecified atom stereocenters. The molecule has 1 aromatic heterocycles. The summed E-state index contributed by atoms with van der Waals surface area (Å²) in [6.45, 7) is 3.47. The van der Waals surface area contributed by atoms with Gasteiger partial charge in [-0.3, -0.25) is 14.9 Å². The minimum absolute atomic E-state index is 0.00123. The molecule has 2 aromatic carbocycles. The number of carbonyl (C=O) groups is 2. The summed E-state index contributed by atoms with van der Waals surface area (Å²) < 4.78 is 24.2. The fraction of sp³-hybridized carbons (Fsp3) is 0.190. The Balaban J connectivity index is 1.59. The van der Waals surface area contributed by atoms with Crippen LogP contribution in [-0.2, 0) is 16.1 Å². The monoisotopic (exact) mass is 459 g/mol. The van der Waals surface area contributed by atoms with Gasteiger partial charge in [0.15, 0.2) is 6.10 Å². The topological polar surface area (TPSA) is 121 Å². The zero-order valence-corrected chi connectivity index (χ0v) is 17.8. The summed E-state index contributed by atoms with van der Waals surface area (Å²) in [4.78, 5) is 38.9. The van der Waals surface area contributed by atoms with E-state index in [4.69, 9.17) is 9.47 Å². The summed E-state index contributed by atoms with van der Waals surface area (Å²) in [6, 6.07) is 9.19. The Morgan fingerprint density at radius 1 is 1.28 bits per heavy atom. The van der Waals surface area contributed by atoms with Gasteiger partial charge in [-0.05, 0) is 44.2 Å². The van der Waals surface area contributed by atoms with Crippen molar-refractivity contribution in [3.63, 3.8) is 0 Å². The van der Waals surface area contributed by atoms with Crippen LogP contribution in [0, 0.1) is 22.9 Å². The predicted octanol–water partition coefficient (Wildman–Crippen LogP) is 4.26. The summed E-state index contributed by atoms with van der Waals surface area (Å²) in [7, 11) is 0. The fourth-order valence-corrected chi connectivity index (χ4v) is 3.20. The summed E-state index contributed by atoms with van der Waals surface area (Å²) >= 11 is 1.51. The Morgan fingerprint density at radius 2 is 2.06 bits per heavy atom. The first kappa shape index (κ1) is 22.8. The highest BCUT2D eigenvalue weighted by Gasteiger charge is 2.21. The van der Waals surface area contributed by atoms with Crippen molar-refractivity contribution in [1.29, 1.82) is 0 Å². The molecule has 0 aliphatic heterocycles. The van der Waals surface area contributed by atoms with E-state index in [0.717, 1.165) is 22.8 Å². The Labute approximate surface area is 186 Å². The number of nitrogens with zero attached hydrogens (tertiary/aromatic N) is 2. The van der Waals surface area contributed by atoms with Crippen LogP contribution >= 0.6 is 11.3 Å². The maximum absolute atomic E-state index is 13.4. The van der Waals surface area contributed by atoms with Crippen molar-refractivity contribution < 1.29 is 28.4 Å². The Kier molecular flexibility index (Phi) is 7.11. The minimum Gasteiger partial charge on any atom is -0.487 e. The number of halogens is 1. The minimum atomic E-state index is -1.21. The van der Waals surface area contributed by atoms with E-state index in [1.165, 1.54) is 36.5 Å². The molecule has 1 atom stereocenters. The molecule has 1 N–H and O–H groups in total. The number of nitro benzene ring substituents is 1. The highest BCUT2D eigenvalue weighted by atomic mass is 32.1. The number of nitrogens with one attached hydrogen (secondary N) is 1. The molecule has 0 radical (unpaired) electrons. The number of thiazole rings is 1. The van der Waals surface area contributed by atoms with Crippen molar-refractivity contribution in [2.24, 2.45) is 0 Å². The van der Waals surface area contributed by atoms with Crippen LogP contribution in [0.2, 0.25) is 0 Å². The van der Waals surface area contributed by atoms with Crippen molar-refractivity contribution >= 4 is 34.6 Å². The van der Waals surface area contributed by atoms with Gasteiger partial charge in [0.25, 0.3) is 5.91 Å². The van der Waals surface area contributed by atoms with Crippen molar-refractivity contribution in [2.45, 2.75) is 26.6 Å². The lowest BCUT2D eigenvalue weighted by molar-refractivity contribution is -0.387. The third-order valence-electron chi connectivity index (χ3n) is 4.19. The molecule has 3 aromatic rings. The normalized spacial score (nSPS) is 11.5. The van der Waals surface area contributed by atoms with Gasteiger partial charge in [-0.1, -0.05) is 6.07 Å². The number of rotatable bonds is 8. The maximum Gasteiger partial charge on any atom is 0.339 e. The van der Waals surface area contributed by atoms with Crippen LogP contribution in [-0.4, -0.2) is 27.9 Å². The lowest BCUT2D eigenvalue weighted by atomic mass is 10.2. The van der Waals surface area contributed by atoms with Gasteiger partial charge in [0.1, 0.15) is 12.4 Å². The van der Waals surface area contributed by atoms with Crippen LogP contribution < -0.4 is 10.1 Å². The Hall–Kier alpha value is -3.86. The first-order valence-electron chi connectivity index (χ1n) is 9.32. The van der Waals surface area contributed by atoms with Crippen molar-refractivity contribution in [3.8, 4) is 5.75 Å². The number of nitro groups is 1. The molecule has 9 nitrogen and oxygen atoms in total. The molecule has 166 valence electrons. The SMILES string of the molecule is Cc1nc(COc2cccc(C(=O)OC(C)C(=O)Nc3ccc(F)c([N+](=O)[O-])c3)c2)cs1. The summed E-state index contributed by atoms with van der Waals surface area (Å²) in [5.41, 5.74) is 0.163. The van der Waals surface area contributed by atoms with Gasteiger partial charge < -0.3 is 14.8 Å². The third kappa shape index (κ3) is 5.85. The second kappa shape index (κ2) is 9.96. The highest BCUT2D eigenvalue weighted by Crippen LogP contribution is 2.22. The average molecular weight is 459 g/mol. The van der Waals surface area contributed by atoms with Gasteiger partial charge >= 0.3 is 11.7 Å². The number of amides is 1. The van der Waals surface area contributed by atoms with Crippen molar-refractivity contribution in [1.82, 2.24) is 4.98 Å². The standard InChI is InChI=1S/C21H18FN3O6S/c1-12(20(26)24-15-6-7-18(22)19(9-15)25(28)29)31-21(27)14-4-3-5-17(8-14)30-10-16-11-32-13(2)23-16/h3-9,11-12H,10H2,1-2H3,(H,24,26). The van der Waals surface area contributed by atoms with E-state index in [1.54, 1.807) is 12.1 Å². The quantitative estimate of drug-likeness (QED) is 0.303. The predicted molar refractivity (Wildman–Crippen MR) is 114 cm³/mol. The van der Waals surface area contributed by atoms with Crippen LogP contribution in [0.4, 0.5) is 15.8 Å². The van der Waals surface area contributed by atoms with E-state index in [9.17, 15) is 24.1 Å². The lowest BCUT2D eigenvalue weighted by Crippen LogP contribution is -2.30. The molecule has 0 bridgehead atoms. The Bertz CT molecular complexity index is 1170. The number of hydrogen-bond acceptors (Lipinski definition) is 8. The van der Waals surface area contributed by atoms with E-state index in [0.29, 0.717) is 5.75 Å².